The van der Waals surface area contributed by atoms with Crippen molar-refractivity contribution in [3.05, 3.63) is 0 Å². The fraction of sp³-hybridized carbons (Fsp3) is 1.00. The van der Waals surface area contributed by atoms with E-state index in [1.165, 1.54) is 32.1 Å². The van der Waals surface area contributed by atoms with E-state index in [2.05, 4.69) is 41.7 Å². The Balaban J connectivity index is 4.31. The Morgan fingerprint density at radius 1 is 1.06 bits per heavy atom. The molecule has 0 aliphatic carbocycles. The van der Waals surface area contributed by atoms with Crippen LogP contribution < -0.4 is 0 Å². The standard InChI is InChI=1S/C15H33NO/c1-7-11-14(17-16(6)12-8-2)13-15(5,9-3)10-4/h14H,7-13H2,1-6H3. The van der Waals surface area contributed by atoms with Crippen LogP contribution in [0.1, 0.15) is 73.1 Å². The maximum atomic E-state index is 6.06. The van der Waals surface area contributed by atoms with Gasteiger partial charge in [-0.1, -0.05) is 53.9 Å². The van der Waals surface area contributed by atoms with Gasteiger partial charge in [0.25, 0.3) is 0 Å². The SMILES string of the molecule is CCCC(CC(C)(CC)CC)ON(C)CCC. The lowest BCUT2D eigenvalue weighted by Gasteiger charge is -2.33. The van der Waals surface area contributed by atoms with Crippen molar-refractivity contribution in [2.45, 2.75) is 79.2 Å². The van der Waals surface area contributed by atoms with Gasteiger partial charge in [0.2, 0.25) is 0 Å². The predicted octanol–water partition coefficient (Wildman–Crippen LogP) is 4.64. The normalized spacial score (nSPS) is 14.3. The highest BCUT2D eigenvalue weighted by Crippen LogP contribution is 2.33. The van der Waals surface area contributed by atoms with Crippen LogP contribution in [0.4, 0.5) is 0 Å². The summed E-state index contributed by atoms with van der Waals surface area (Å²) in [5.74, 6) is 0. The number of hydrogen-bond donors (Lipinski definition) is 0. The van der Waals surface area contributed by atoms with Gasteiger partial charge in [-0.3, -0.25) is 4.84 Å². The van der Waals surface area contributed by atoms with Gasteiger partial charge in [-0.05, 0) is 24.7 Å². The molecule has 1 atom stereocenters. The zero-order valence-corrected chi connectivity index (χ0v) is 12.9. The Labute approximate surface area is 109 Å². The maximum Gasteiger partial charge on any atom is 0.0798 e. The molecule has 0 spiro atoms. The summed E-state index contributed by atoms with van der Waals surface area (Å²) < 4.78 is 0. The molecule has 17 heavy (non-hydrogen) atoms. The zero-order chi connectivity index (χ0) is 13.3. The molecular weight excluding hydrogens is 210 g/mol. The summed E-state index contributed by atoms with van der Waals surface area (Å²) in [6, 6.07) is 0. The number of nitrogens with zero attached hydrogens (tertiary/aromatic N) is 1. The summed E-state index contributed by atoms with van der Waals surface area (Å²) in [5, 5.41) is 2.02. The molecule has 0 bridgehead atoms. The van der Waals surface area contributed by atoms with E-state index in [1.807, 2.05) is 5.06 Å². The van der Waals surface area contributed by atoms with E-state index in [0.717, 1.165) is 13.0 Å². The second-order valence-corrected chi connectivity index (χ2v) is 5.59. The Kier molecular flexibility index (Phi) is 8.89. The van der Waals surface area contributed by atoms with Gasteiger partial charge in [-0.25, -0.2) is 0 Å². The van der Waals surface area contributed by atoms with Gasteiger partial charge in [0.15, 0.2) is 0 Å². The van der Waals surface area contributed by atoms with Crippen molar-refractivity contribution in [2.24, 2.45) is 5.41 Å². The largest absolute Gasteiger partial charge is 0.296 e. The minimum Gasteiger partial charge on any atom is -0.296 e. The van der Waals surface area contributed by atoms with Gasteiger partial charge >= 0.3 is 0 Å². The van der Waals surface area contributed by atoms with E-state index in [0.29, 0.717) is 11.5 Å². The molecule has 2 heteroatoms. The van der Waals surface area contributed by atoms with Crippen LogP contribution in [0, 0.1) is 5.41 Å². The lowest BCUT2D eigenvalue weighted by molar-refractivity contribution is -0.192. The second-order valence-electron chi connectivity index (χ2n) is 5.59. The summed E-state index contributed by atoms with van der Waals surface area (Å²) in [5.41, 5.74) is 0.437. The molecule has 0 aliphatic rings. The van der Waals surface area contributed by atoms with E-state index in [1.54, 1.807) is 0 Å². The van der Waals surface area contributed by atoms with E-state index < -0.39 is 0 Å². The van der Waals surface area contributed by atoms with E-state index in [9.17, 15) is 0 Å². The molecule has 0 aromatic heterocycles. The highest BCUT2D eigenvalue weighted by molar-refractivity contribution is 4.75. The van der Waals surface area contributed by atoms with E-state index >= 15 is 0 Å². The highest BCUT2D eigenvalue weighted by atomic mass is 16.7. The molecule has 1 unspecified atom stereocenters. The summed E-state index contributed by atoms with van der Waals surface area (Å²) in [6.45, 7) is 12.4. The molecular formula is C15H33NO. The van der Waals surface area contributed by atoms with Crippen molar-refractivity contribution in [3.63, 3.8) is 0 Å². The molecule has 0 aromatic carbocycles. The van der Waals surface area contributed by atoms with Crippen LogP contribution in [0.3, 0.4) is 0 Å². The Morgan fingerprint density at radius 3 is 2.06 bits per heavy atom. The minimum atomic E-state index is 0.390. The van der Waals surface area contributed by atoms with Crippen LogP contribution in [0.5, 0.6) is 0 Å². The van der Waals surface area contributed by atoms with Crippen LogP contribution in [-0.2, 0) is 4.84 Å². The first-order valence-corrected chi connectivity index (χ1v) is 7.39. The van der Waals surface area contributed by atoms with Crippen LogP contribution in [0.25, 0.3) is 0 Å². The Hall–Kier alpha value is -0.0800. The van der Waals surface area contributed by atoms with Gasteiger partial charge in [0, 0.05) is 13.6 Å². The lowest BCUT2D eigenvalue weighted by Crippen LogP contribution is -2.31. The predicted molar refractivity (Wildman–Crippen MR) is 76.0 cm³/mol. The first-order chi connectivity index (χ1) is 8.01. The molecule has 0 heterocycles. The van der Waals surface area contributed by atoms with Crippen LogP contribution in [0.2, 0.25) is 0 Å². The number of rotatable bonds is 10. The molecule has 0 fully saturated rings. The average Bonchev–Trinajstić information content (AvgIpc) is 2.29. The molecule has 0 amide bonds. The first kappa shape index (κ1) is 16.9. The van der Waals surface area contributed by atoms with Gasteiger partial charge in [0.1, 0.15) is 0 Å². The average molecular weight is 243 g/mol. The molecule has 0 aliphatic heterocycles. The molecule has 0 radical (unpaired) electrons. The van der Waals surface area contributed by atoms with Crippen LogP contribution >= 0.6 is 0 Å². The second kappa shape index (κ2) is 8.93. The molecule has 104 valence electrons. The quantitative estimate of drug-likeness (QED) is 0.518. The third-order valence-corrected chi connectivity index (χ3v) is 3.91. The van der Waals surface area contributed by atoms with Crippen molar-refractivity contribution in [3.8, 4) is 0 Å². The molecule has 0 N–H and O–H groups in total. The molecule has 0 saturated carbocycles. The molecule has 0 aromatic rings. The van der Waals surface area contributed by atoms with E-state index in [-0.39, 0.29) is 0 Å². The van der Waals surface area contributed by atoms with Crippen molar-refractivity contribution in [1.82, 2.24) is 5.06 Å². The minimum absolute atomic E-state index is 0.390. The monoisotopic (exact) mass is 243 g/mol. The molecule has 0 rings (SSSR count). The highest BCUT2D eigenvalue weighted by Gasteiger charge is 2.25. The fourth-order valence-electron chi connectivity index (χ4n) is 2.22. The zero-order valence-electron chi connectivity index (χ0n) is 12.9. The van der Waals surface area contributed by atoms with Gasteiger partial charge < -0.3 is 0 Å². The van der Waals surface area contributed by atoms with Gasteiger partial charge in [-0.15, -0.1) is 0 Å². The smallest absolute Gasteiger partial charge is 0.0798 e. The molecule has 2 nitrogen and oxygen atoms in total. The van der Waals surface area contributed by atoms with Gasteiger partial charge in [-0.2, -0.15) is 5.06 Å². The van der Waals surface area contributed by atoms with Crippen LogP contribution in [0.15, 0.2) is 0 Å². The van der Waals surface area contributed by atoms with E-state index in [4.69, 9.17) is 4.84 Å². The van der Waals surface area contributed by atoms with Crippen molar-refractivity contribution >= 4 is 0 Å². The third-order valence-electron chi connectivity index (χ3n) is 3.91. The van der Waals surface area contributed by atoms with Gasteiger partial charge in [0.05, 0.1) is 6.10 Å². The summed E-state index contributed by atoms with van der Waals surface area (Å²) >= 11 is 0. The summed E-state index contributed by atoms with van der Waals surface area (Å²) in [6.07, 6.45) is 7.57. The first-order valence-electron chi connectivity index (χ1n) is 7.39. The van der Waals surface area contributed by atoms with Crippen molar-refractivity contribution in [1.29, 1.82) is 0 Å². The lowest BCUT2D eigenvalue weighted by atomic mass is 9.79. The number of hydrogen-bond acceptors (Lipinski definition) is 2. The molecule has 0 saturated heterocycles. The number of hydroxylamine groups is 2. The van der Waals surface area contributed by atoms with Crippen molar-refractivity contribution in [2.75, 3.05) is 13.6 Å². The third kappa shape index (κ3) is 7.05. The summed E-state index contributed by atoms with van der Waals surface area (Å²) in [7, 11) is 2.06. The summed E-state index contributed by atoms with van der Waals surface area (Å²) in [4.78, 5) is 6.06. The maximum absolute atomic E-state index is 6.06. The Bertz CT molecular complexity index is 178. The van der Waals surface area contributed by atoms with Crippen LogP contribution in [-0.4, -0.2) is 24.8 Å². The Morgan fingerprint density at radius 2 is 1.65 bits per heavy atom. The van der Waals surface area contributed by atoms with Crippen molar-refractivity contribution < 1.29 is 4.84 Å². The fourth-order valence-corrected chi connectivity index (χ4v) is 2.22. The topological polar surface area (TPSA) is 12.5 Å².